The highest BCUT2D eigenvalue weighted by Crippen LogP contribution is 2.35. The van der Waals surface area contributed by atoms with E-state index in [4.69, 9.17) is 4.74 Å². The number of benzene rings is 2. The fraction of sp³-hybridized carbons (Fsp3) is 0.474. The van der Waals surface area contributed by atoms with Gasteiger partial charge in [0.2, 0.25) is 0 Å². The summed E-state index contributed by atoms with van der Waals surface area (Å²) >= 11 is 0. The standard InChI is InChI=1S/C19H24N2O/c1-2-4-17-13-18(6-5-16(17)3-1)22-12-11-21-10-8-19(15-21)7-9-20-14-19/h1-6,13,20H,7-12,14-15H2. The number of hydrogen-bond acceptors (Lipinski definition) is 3. The lowest BCUT2D eigenvalue weighted by molar-refractivity contribution is 0.217. The number of nitrogens with zero attached hydrogens (tertiary/aromatic N) is 1. The second-order valence-corrected chi connectivity index (χ2v) is 6.81. The lowest BCUT2D eigenvalue weighted by Crippen LogP contribution is -2.31. The van der Waals surface area contributed by atoms with E-state index in [-0.39, 0.29) is 0 Å². The van der Waals surface area contributed by atoms with Crippen molar-refractivity contribution in [2.24, 2.45) is 5.41 Å². The van der Waals surface area contributed by atoms with E-state index in [1.807, 2.05) is 0 Å². The average molecular weight is 296 g/mol. The highest BCUT2D eigenvalue weighted by Gasteiger charge is 2.39. The molecule has 2 fully saturated rings. The van der Waals surface area contributed by atoms with Crippen molar-refractivity contribution in [2.75, 3.05) is 39.3 Å². The molecule has 0 radical (unpaired) electrons. The molecule has 1 unspecified atom stereocenters. The zero-order valence-corrected chi connectivity index (χ0v) is 13.1. The first-order chi connectivity index (χ1) is 10.8. The minimum atomic E-state index is 0.558. The zero-order chi connectivity index (χ0) is 14.8. The topological polar surface area (TPSA) is 24.5 Å². The van der Waals surface area contributed by atoms with Gasteiger partial charge in [-0.3, -0.25) is 4.90 Å². The summed E-state index contributed by atoms with van der Waals surface area (Å²) in [6.07, 6.45) is 2.69. The van der Waals surface area contributed by atoms with Crippen LogP contribution >= 0.6 is 0 Å². The van der Waals surface area contributed by atoms with Gasteiger partial charge in [0.25, 0.3) is 0 Å². The van der Waals surface area contributed by atoms with Crippen molar-refractivity contribution in [1.82, 2.24) is 10.2 Å². The predicted octanol–water partition coefficient (Wildman–Crippen LogP) is 2.90. The van der Waals surface area contributed by atoms with Gasteiger partial charge in [-0.2, -0.15) is 0 Å². The van der Waals surface area contributed by atoms with E-state index in [1.54, 1.807) is 0 Å². The molecule has 4 rings (SSSR count). The van der Waals surface area contributed by atoms with E-state index in [1.165, 1.54) is 49.8 Å². The third-order valence-electron chi connectivity index (χ3n) is 5.25. The molecule has 0 bridgehead atoms. The number of rotatable bonds is 4. The van der Waals surface area contributed by atoms with Crippen LogP contribution in [0.15, 0.2) is 42.5 Å². The maximum Gasteiger partial charge on any atom is 0.120 e. The van der Waals surface area contributed by atoms with Gasteiger partial charge in [-0.05, 0) is 54.3 Å². The van der Waals surface area contributed by atoms with Crippen LogP contribution in [-0.2, 0) is 0 Å². The normalized spacial score (nSPS) is 25.3. The Hall–Kier alpha value is -1.58. The van der Waals surface area contributed by atoms with Crippen LogP contribution in [-0.4, -0.2) is 44.2 Å². The molecular weight excluding hydrogens is 272 g/mol. The molecule has 0 aromatic heterocycles. The molecule has 0 amide bonds. The number of nitrogens with one attached hydrogen (secondary N) is 1. The van der Waals surface area contributed by atoms with Crippen LogP contribution in [0, 0.1) is 5.41 Å². The third kappa shape index (κ3) is 2.83. The van der Waals surface area contributed by atoms with Crippen molar-refractivity contribution < 1.29 is 4.74 Å². The van der Waals surface area contributed by atoms with Gasteiger partial charge in [0.05, 0.1) is 0 Å². The van der Waals surface area contributed by atoms with Crippen LogP contribution in [0.2, 0.25) is 0 Å². The van der Waals surface area contributed by atoms with Gasteiger partial charge in [-0.15, -0.1) is 0 Å². The summed E-state index contributed by atoms with van der Waals surface area (Å²) in [5.41, 5.74) is 0.558. The van der Waals surface area contributed by atoms with Crippen molar-refractivity contribution in [2.45, 2.75) is 12.8 Å². The van der Waals surface area contributed by atoms with E-state index >= 15 is 0 Å². The summed E-state index contributed by atoms with van der Waals surface area (Å²) in [5, 5.41) is 6.03. The quantitative estimate of drug-likeness (QED) is 0.939. The van der Waals surface area contributed by atoms with Gasteiger partial charge in [-0.1, -0.05) is 30.3 Å². The summed E-state index contributed by atoms with van der Waals surface area (Å²) < 4.78 is 5.97. The highest BCUT2D eigenvalue weighted by molar-refractivity contribution is 5.83. The fourth-order valence-corrected chi connectivity index (χ4v) is 3.91. The molecule has 2 saturated heterocycles. The molecule has 2 aromatic rings. The first-order valence-electron chi connectivity index (χ1n) is 8.38. The highest BCUT2D eigenvalue weighted by atomic mass is 16.5. The second kappa shape index (κ2) is 5.90. The lowest BCUT2D eigenvalue weighted by atomic mass is 9.87. The van der Waals surface area contributed by atoms with E-state index in [9.17, 15) is 0 Å². The summed E-state index contributed by atoms with van der Waals surface area (Å²) in [6, 6.07) is 14.8. The molecule has 3 nitrogen and oxygen atoms in total. The van der Waals surface area contributed by atoms with Crippen molar-refractivity contribution in [1.29, 1.82) is 0 Å². The van der Waals surface area contributed by atoms with E-state index in [2.05, 4.69) is 52.7 Å². The molecule has 3 heteroatoms. The Morgan fingerprint density at radius 1 is 1.09 bits per heavy atom. The van der Waals surface area contributed by atoms with Crippen molar-refractivity contribution >= 4 is 10.8 Å². The Morgan fingerprint density at radius 3 is 2.86 bits per heavy atom. The van der Waals surface area contributed by atoms with Crippen LogP contribution in [0.1, 0.15) is 12.8 Å². The van der Waals surface area contributed by atoms with E-state index in [0.717, 1.165) is 18.9 Å². The van der Waals surface area contributed by atoms with Crippen LogP contribution in [0.3, 0.4) is 0 Å². The summed E-state index contributed by atoms with van der Waals surface area (Å²) in [6.45, 7) is 6.68. The zero-order valence-electron chi connectivity index (χ0n) is 13.1. The molecule has 0 saturated carbocycles. The van der Waals surface area contributed by atoms with Gasteiger partial charge in [0.1, 0.15) is 12.4 Å². The summed E-state index contributed by atoms with van der Waals surface area (Å²) in [5.74, 6) is 0.982. The monoisotopic (exact) mass is 296 g/mol. The van der Waals surface area contributed by atoms with E-state index in [0.29, 0.717) is 5.41 Å². The number of fused-ring (bicyclic) bond motifs is 1. The first kappa shape index (κ1) is 14.0. The SMILES string of the molecule is c1ccc2cc(OCCN3CCC4(CCNC4)C3)ccc2c1. The molecular formula is C19H24N2O. The molecule has 1 atom stereocenters. The Bertz CT molecular complexity index is 649. The largest absolute Gasteiger partial charge is 0.492 e. The first-order valence-corrected chi connectivity index (χ1v) is 8.38. The van der Waals surface area contributed by atoms with Crippen LogP contribution < -0.4 is 10.1 Å². The average Bonchev–Trinajstić information content (AvgIpc) is 3.18. The fourth-order valence-electron chi connectivity index (χ4n) is 3.91. The van der Waals surface area contributed by atoms with Gasteiger partial charge in [-0.25, -0.2) is 0 Å². The molecule has 2 aliphatic rings. The summed E-state index contributed by atoms with van der Waals surface area (Å²) in [4.78, 5) is 2.56. The second-order valence-electron chi connectivity index (χ2n) is 6.81. The summed E-state index contributed by atoms with van der Waals surface area (Å²) in [7, 11) is 0. The molecule has 22 heavy (non-hydrogen) atoms. The molecule has 1 N–H and O–H groups in total. The maximum absolute atomic E-state index is 5.97. The molecule has 2 aromatic carbocycles. The molecule has 1 spiro atoms. The van der Waals surface area contributed by atoms with Crippen molar-refractivity contribution in [3.8, 4) is 5.75 Å². The minimum absolute atomic E-state index is 0.558. The Kier molecular flexibility index (Phi) is 3.77. The molecule has 2 heterocycles. The lowest BCUT2D eigenvalue weighted by Gasteiger charge is -2.22. The Labute approximate surface area is 132 Å². The number of ether oxygens (including phenoxy) is 1. The molecule has 0 aliphatic carbocycles. The van der Waals surface area contributed by atoms with E-state index < -0.39 is 0 Å². The van der Waals surface area contributed by atoms with Crippen LogP contribution in [0.4, 0.5) is 0 Å². The maximum atomic E-state index is 5.97. The minimum Gasteiger partial charge on any atom is -0.492 e. The van der Waals surface area contributed by atoms with Gasteiger partial charge < -0.3 is 10.1 Å². The number of likely N-dealkylation sites (tertiary alicyclic amines) is 1. The van der Waals surface area contributed by atoms with Crippen molar-refractivity contribution in [3.63, 3.8) is 0 Å². The van der Waals surface area contributed by atoms with Crippen LogP contribution in [0.25, 0.3) is 10.8 Å². The van der Waals surface area contributed by atoms with Crippen LogP contribution in [0.5, 0.6) is 5.75 Å². The predicted molar refractivity (Wildman–Crippen MR) is 90.4 cm³/mol. The Balaban J connectivity index is 1.31. The van der Waals surface area contributed by atoms with Gasteiger partial charge in [0.15, 0.2) is 0 Å². The molecule has 116 valence electrons. The third-order valence-corrected chi connectivity index (χ3v) is 5.25. The van der Waals surface area contributed by atoms with Crippen molar-refractivity contribution in [3.05, 3.63) is 42.5 Å². The molecule has 2 aliphatic heterocycles. The number of hydrogen-bond donors (Lipinski definition) is 1. The Morgan fingerprint density at radius 2 is 2.00 bits per heavy atom. The smallest absolute Gasteiger partial charge is 0.120 e. The van der Waals surface area contributed by atoms with Gasteiger partial charge >= 0.3 is 0 Å². The van der Waals surface area contributed by atoms with Gasteiger partial charge in [0, 0.05) is 19.6 Å².